The van der Waals surface area contributed by atoms with Crippen molar-refractivity contribution >= 4 is 17.9 Å². The van der Waals surface area contributed by atoms with E-state index < -0.39 is 6.10 Å². The average molecular weight is 1100 g/mol. The summed E-state index contributed by atoms with van der Waals surface area (Å²) in [4.78, 5) is 38.3. The van der Waals surface area contributed by atoms with Crippen LogP contribution in [0.3, 0.4) is 0 Å². The molecule has 1 atom stereocenters. The number of hydrogen-bond acceptors (Lipinski definition) is 6. The van der Waals surface area contributed by atoms with Crippen LogP contribution in [0.1, 0.15) is 316 Å². The minimum absolute atomic E-state index is 0.0863. The highest BCUT2D eigenvalue weighted by atomic mass is 16.6. The Morgan fingerprint density at radius 2 is 0.519 bits per heavy atom. The molecule has 0 rings (SSSR count). The van der Waals surface area contributed by atoms with E-state index in [1.165, 1.54) is 128 Å². The smallest absolute Gasteiger partial charge is 0.306 e. The molecule has 0 aliphatic rings. The van der Waals surface area contributed by atoms with E-state index in [1.807, 2.05) is 0 Å². The zero-order chi connectivity index (χ0) is 57.1. The molecular weight excluding hydrogens is 973 g/mol. The highest BCUT2D eigenvalue weighted by Crippen LogP contribution is 2.17. The van der Waals surface area contributed by atoms with Gasteiger partial charge in [0.25, 0.3) is 0 Å². The number of ether oxygens (including phenoxy) is 3. The number of hydrogen-bond donors (Lipinski definition) is 0. The second-order valence-corrected chi connectivity index (χ2v) is 22.0. The summed E-state index contributed by atoms with van der Waals surface area (Å²) in [6, 6.07) is 0. The molecule has 6 heteroatoms. The zero-order valence-electron chi connectivity index (χ0n) is 51.9. The van der Waals surface area contributed by atoms with Crippen LogP contribution in [0.2, 0.25) is 0 Å². The lowest BCUT2D eigenvalue weighted by Gasteiger charge is -2.18. The van der Waals surface area contributed by atoms with Crippen LogP contribution < -0.4 is 0 Å². The van der Waals surface area contributed by atoms with Crippen molar-refractivity contribution in [3.8, 4) is 0 Å². The summed E-state index contributed by atoms with van der Waals surface area (Å²) in [5, 5.41) is 0. The Kier molecular flexibility index (Phi) is 63.3. The third-order valence-electron chi connectivity index (χ3n) is 14.2. The number of carbonyl (C=O) groups excluding carboxylic acids is 3. The normalized spacial score (nSPS) is 12.8. The topological polar surface area (TPSA) is 78.9 Å². The van der Waals surface area contributed by atoms with Gasteiger partial charge in [-0.3, -0.25) is 14.4 Å². The molecule has 0 heterocycles. The van der Waals surface area contributed by atoms with Crippen molar-refractivity contribution in [3.63, 3.8) is 0 Å². The van der Waals surface area contributed by atoms with E-state index in [1.54, 1.807) is 0 Å². The minimum atomic E-state index is -0.791. The first kappa shape index (κ1) is 75.1. The lowest BCUT2D eigenvalue weighted by molar-refractivity contribution is -0.167. The minimum Gasteiger partial charge on any atom is -0.462 e. The molecule has 0 N–H and O–H groups in total. The standard InChI is InChI=1S/C73H124O6/c1-4-7-10-13-16-19-22-25-27-28-29-30-31-32-33-34-35-36-37-38-39-40-41-42-43-44-46-48-51-54-57-60-63-66-72(75)78-69-70(68-77-71(74)65-62-59-56-53-50-47-24-21-18-15-12-9-6-3)79-73(76)67-64-61-58-55-52-49-45-26-23-20-17-14-11-8-5-2/h7,10,12,15-17,19-21,24-27,29-30,32-33,45,70H,4-6,8-9,11,13-14,18,22-23,28,31,34-44,46-69H2,1-3H3/b10-7-,15-12-,19-16-,20-17-,24-21-,27-25-,30-29-,33-32-,45-26-. The number of unbranched alkanes of at least 4 members (excludes halogenated alkanes) is 31. The van der Waals surface area contributed by atoms with Gasteiger partial charge in [0, 0.05) is 19.3 Å². The summed E-state index contributed by atoms with van der Waals surface area (Å²) in [7, 11) is 0. The summed E-state index contributed by atoms with van der Waals surface area (Å²) in [5.74, 6) is -0.906. The molecule has 0 amide bonds. The number of carbonyl (C=O) groups is 3. The molecule has 0 spiro atoms. The van der Waals surface area contributed by atoms with Crippen molar-refractivity contribution in [1.29, 1.82) is 0 Å². The van der Waals surface area contributed by atoms with Gasteiger partial charge in [-0.2, -0.15) is 0 Å². The highest BCUT2D eigenvalue weighted by molar-refractivity contribution is 5.71. The van der Waals surface area contributed by atoms with E-state index in [-0.39, 0.29) is 31.1 Å². The first-order valence-electron chi connectivity index (χ1n) is 33.4. The zero-order valence-corrected chi connectivity index (χ0v) is 51.9. The van der Waals surface area contributed by atoms with Gasteiger partial charge in [0.15, 0.2) is 6.10 Å². The Labute approximate surface area is 489 Å². The van der Waals surface area contributed by atoms with Gasteiger partial charge in [-0.05, 0) is 122 Å². The molecule has 0 fully saturated rings. The highest BCUT2D eigenvalue weighted by Gasteiger charge is 2.19. The van der Waals surface area contributed by atoms with Crippen molar-refractivity contribution in [2.24, 2.45) is 0 Å². The fourth-order valence-corrected chi connectivity index (χ4v) is 9.24. The molecule has 0 aromatic heterocycles. The van der Waals surface area contributed by atoms with Crippen LogP contribution in [0, 0.1) is 0 Å². The van der Waals surface area contributed by atoms with Crippen molar-refractivity contribution in [2.45, 2.75) is 322 Å². The van der Waals surface area contributed by atoms with E-state index in [2.05, 4.69) is 130 Å². The van der Waals surface area contributed by atoms with Crippen LogP contribution >= 0.6 is 0 Å². The van der Waals surface area contributed by atoms with E-state index >= 15 is 0 Å². The van der Waals surface area contributed by atoms with Crippen molar-refractivity contribution in [3.05, 3.63) is 109 Å². The van der Waals surface area contributed by atoms with Crippen molar-refractivity contribution < 1.29 is 28.6 Å². The van der Waals surface area contributed by atoms with Crippen molar-refractivity contribution in [1.82, 2.24) is 0 Å². The molecule has 0 aromatic rings. The summed E-state index contributed by atoms with van der Waals surface area (Å²) >= 11 is 0. The van der Waals surface area contributed by atoms with Gasteiger partial charge in [0.1, 0.15) is 13.2 Å². The molecule has 452 valence electrons. The molecule has 0 bridgehead atoms. The van der Waals surface area contributed by atoms with E-state index in [0.29, 0.717) is 19.3 Å². The van der Waals surface area contributed by atoms with E-state index in [0.717, 1.165) is 148 Å². The van der Waals surface area contributed by atoms with Crippen LogP contribution in [-0.4, -0.2) is 37.2 Å². The maximum Gasteiger partial charge on any atom is 0.306 e. The molecular formula is C73H124O6. The Bertz CT molecular complexity index is 1590. The Morgan fingerprint density at radius 1 is 0.266 bits per heavy atom. The Balaban J connectivity index is 4.17. The van der Waals surface area contributed by atoms with Crippen molar-refractivity contribution in [2.75, 3.05) is 13.2 Å². The van der Waals surface area contributed by atoms with Crippen LogP contribution in [0.5, 0.6) is 0 Å². The third-order valence-corrected chi connectivity index (χ3v) is 14.2. The van der Waals surface area contributed by atoms with Gasteiger partial charge in [-0.25, -0.2) is 0 Å². The van der Waals surface area contributed by atoms with Crippen LogP contribution in [0.15, 0.2) is 109 Å². The summed E-state index contributed by atoms with van der Waals surface area (Å²) in [5.41, 5.74) is 0. The second-order valence-electron chi connectivity index (χ2n) is 22.0. The number of allylic oxidation sites excluding steroid dienone is 18. The van der Waals surface area contributed by atoms with E-state index in [4.69, 9.17) is 14.2 Å². The average Bonchev–Trinajstić information content (AvgIpc) is 3.45. The summed E-state index contributed by atoms with van der Waals surface area (Å²) in [6.07, 6.45) is 91.1. The SMILES string of the molecule is CC/C=C\C/C=C\C/C=C\C/C=C\C/C=C\CCCCCCCCCCCCCCCCCCCC(=O)OCC(COC(=O)CCCCCCC/C=C\C/C=C\CCC)OC(=O)CCCCCCC/C=C\C/C=C\CCCCC. The molecule has 0 aliphatic carbocycles. The summed E-state index contributed by atoms with van der Waals surface area (Å²) in [6.45, 7) is 6.43. The molecule has 0 saturated carbocycles. The monoisotopic (exact) mass is 1100 g/mol. The quantitative estimate of drug-likeness (QED) is 0.0261. The molecule has 0 aromatic carbocycles. The van der Waals surface area contributed by atoms with Gasteiger partial charge in [0.05, 0.1) is 0 Å². The molecule has 1 unspecified atom stereocenters. The fourth-order valence-electron chi connectivity index (χ4n) is 9.24. The molecule has 79 heavy (non-hydrogen) atoms. The number of rotatable bonds is 60. The fraction of sp³-hybridized carbons (Fsp3) is 0.712. The lowest BCUT2D eigenvalue weighted by Crippen LogP contribution is -2.30. The Morgan fingerprint density at radius 3 is 0.823 bits per heavy atom. The molecule has 6 nitrogen and oxygen atoms in total. The first-order valence-corrected chi connectivity index (χ1v) is 33.4. The van der Waals surface area contributed by atoms with Gasteiger partial charge in [-0.1, -0.05) is 284 Å². The van der Waals surface area contributed by atoms with Gasteiger partial charge < -0.3 is 14.2 Å². The predicted molar refractivity (Wildman–Crippen MR) is 343 cm³/mol. The number of esters is 3. The van der Waals surface area contributed by atoms with Crippen LogP contribution in [0.4, 0.5) is 0 Å². The lowest BCUT2D eigenvalue weighted by atomic mass is 10.0. The largest absolute Gasteiger partial charge is 0.462 e. The van der Waals surface area contributed by atoms with Gasteiger partial charge in [0.2, 0.25) is 0 Å². The molecule has 0 aliphatic heterocycles. The Hall–Kier alpha value is -3.93. The second kappa shape index (κ2) is 66.6. The molecule has 0 saturated heterocycles. The maximum atomic E-state index is 12.9. The van der Waals surface area contributed by atoms with Gasteiger partial charge >= 0.3 is 17.9 Å². The molecule has 0 radical (unpaired) electrons. The third kappa shape index (κ3) is 64.8. The predicted octanol–water partition coefficient (Wildman–Crippen LogP) is 23.0. The van der Waals surface area contributed by atoms with E-state index in [9.17, 15) is 14.4 Å². The maximum absolute atomic E-state index is 12.9. The first-order chi connectivity index (χ1) is 39.0. The van der Waals surface area contributed by atoms with Crippen LogP contribution in [-0.2, 0) is 28.6 Å². The van der Waals surface area contributed by atoms with Gasteiger partial charge in [-0.15, -0.1) is 0 Å². The summed E-state index contributed by atoms with van der Waals surface area (Å²) < 4.78 is 16.9. The van der Waals surface area contributed by atoms with Crippen LogP contribution in [0.25, 0.3) is 0 Å².